The highest BCUT2D eigenvalue weighted by atomic mass is 31.2. The molecule has 1 rings (SSSR count). The molecule has 1 aromatic rings. The van der Waals surface area contributed by atoms with Gasteiger partial charge in [0, 0.05) is 18.3 Å². The van der Waals surface area contributed by atoms with Crippen LogP contribution in [0.4, 0.5) is 0 Å². The van der Waals surface area contributed by atoms with Crippen molar-refractivity contribution in [2.75, 3.05) is 13.2 Å². The van der Waals surface area contributed by atoms with Crippen LogP contribution in [0.15, 0.2) is 30.1 Å². The topological polar surface area (TPSA) is 61.8 Å². The van der Waals surface area contributed by atoms with Crippen LogP contribution in [-0.4, -0.2) is 19.2 Å². The third-order valence-corrected chi connectivity index (χ3v) is 3.98. The molecule has 0 aromatic heterocycles. The second-order valence-electron chi connectivity index (χ2n) is 3.82. The van der Waals surface area contributed by atoms with Gasteiger partial charge in [-0.05, 0) is 26.0 Å². The molecule has 0 bridgehead atoms. The number of hydrogen-bond acceptors (Lipinski definition) is 5. The molecule has 0 unspecified atom stereocenters. The zero-order valence-corrected chi connectivity index (χ0v) is 12.8. The van der Waals surface area contributed by atoms with Gasteiger partial charge in [-0.1, -0.05) is 18.2 Å². The van der Waals surface area contributed by atoms with Gasteiger partial charge < -0.3 is 13.8 Å². The lowest BCUT2D eigenvalue weighted by atomic mass is 10.2. The van der Waals surface area contributed by atoms with E-state index in [4.69, 9.17) is 13.8 Å². The first-order chi connectivity index (χ1) is 9.50. The summed E-state index contributed by atoms with van der Waals surface area (Å²) in [4.78, 5) is 11.0. The van der Waals surface area contributed by atoms with Gasteiger partial charge in [0.25, 0.3) is 0 Å². The summed E-state index contributed by atoms with van der Waals surface area (Å²) < 4.78 is 27.7. The second kappa shape index (κ2) is 8.00. The lowest BCUT2D eigenvalue weighted by Gasteiger charge is -2.12. The molecule has 110 valence electrons. The van der Waals surface area contributed by atoms with Gasteiger partial charge in [0.05, 0.1) is 13.2 Å². The summed E-state index contributed by atoms with van der Waals surface area (Å²) in [7, 11) is -3.26. The molecule has 0 aliphatic rings. The normalized spacial score (nSPS) is 11.8. The van der Waals surface area contributed by atoms with E-state index >= 15 is 0 Å². The van der Waals surface area contributed by atoms with Crippen LogP contribution in [0.5, 0.6) is 5.75 Å². The van der Waals surface area contributed by atoms with Crippen LogP contribution in [0.2, 0.25) is 0 Å². The minimum absolute atomic E-state index is 0.285. The van der Waals surface area contributed by atoms with Gasteiger partial charge >= 0.3 is 13.6 Å². The Morgan fingerprint density at radius 1 is 1.20 bits per heavy atom. The number of carbonyl (C=O) groups excluding carboxylic acids is 1. The highest BCUT2D eigenvalue weighted by molar-refractivity contribution is 7.57. The van der Waals surface area contributed by atoms with E-state index in [-0.39, 0.29) is 13.2 Å². The molecule has 1 aromatic carbocycles. The number of hydrogen-bond donors (Lipinski definition) is 0. The summed E-state index contributed by atoms with van der Waals surface area (Å²) >= 11 is 0. The summed E-state index contributed by atoms with van der Waals surface area (Å²) in [6, 6.07) is 6.95. The number of benzene rings is 1. The lowest BCUT2D eigenvalue weighted by molar-refractivity contribution is -0.131. The third-order valence-electron chi connectivity index (χ3n) is 2.23. The maximum Gasteiger partial charge on any atom is 0.354 e. The molecule has 0 amide bonds. The van der Waals surface area contributed by atoms with Crippen LogP contribution in [0, 0.1) is 0 Å². The van der Waals surface area contributed by atoms with Gasteiger partial charge in [-0.25, -0.2) is 0 Å². The Morgan fingerprint density at radius 3 is 2.35 bits per heavy atom. The van der Waals surface area contributed by atoms with Crippen molar-refractivity contribution in [2.24, 2.45) is 0 Å². The Hall–Kier alpha value is -1.42. The molecule has 0 aliphatic heterocycles. The molecule has 0 radical (unpaired) electrons. The highest BCUT2D eigenvalue weighted by Crippen LogP contribution is 2.50. The molecule has 6 heteroatoms. The minimum Gasteiger partial charge on any atom is -0.426 e. The Balaban J connectivity index is 2.98. The fourth-order valence-electron chi connectivity index (χ4n) is 1.52. The molecular formula is C14H19O5P. The molecule has 0 saturated carbocycles. The fraction of sp³-hybridized carbons (Fsp3) is 0.357. The van der Waals surface area contributed by atoms with Crippen LogP contribution in [0.1, 0.15) is 26.3 Å². The van der Waals surface area contributed by atoms with Crippen molar-refractivity contribution in [3.8, 4) is 5.75 Å². The molecule has 0 spiro atoms. The number of rotatable bonds is 7. The first-order valence-electron chi connectivity index (χ1n) is 6.36. The van der Waals surface area contributed by atoms with Gasteiger partial charge in [-0.15, -0.1) is 0 Å². The van der Waals surface area contributed by atoms with Crippen LogP contribution >= 0.6 is 7.60 Å². The largest absolute Gasteiger partial charge is 0.426 e. The molecule has 0 heterocycles. The van der Waals surface area contributed by atoms with Crippen molar-refractivity contribution in [2.45, 2.75) is 20.8 Å². The first kappa shape index (κ1) is 16.6. The van der Waals surface area contributed by atoms with Crippen LogP contribution in [0.25, 0.3) is 6.08 Å². The summed E-state index contributed by atoms with van der Waals surface area (Å²) in [5, 5.41) is 0. The monoisotopic (exact) mass is 298 g/mol. The van der Waals surface area contributed by atoms with E-state index in [1.807, 2.05) is 0 Å². The molecule has 5 nitrogen and oxygen atoms in total. The summed E-state index contributed by atoms with van der Waals surface area (Å²) in [6.07, 6.45) is 1.57. The molecule has 0 atom stereocenters. The Bertz CT molecular complexity index is 514. The number of para-hydroxylation sites is 1. The highest BCUT2D eigenvalue weighted by Gasteiger charge is 2.19. The average Bonchev–Trinajstić information content (AvgIpc) is 2.38. The second-order valence-corrected chi connectivity index (χ2v) is 5.72. The van der Waals surface area contributed by atoms with Gasteiger partial charge in [0.15, 0.2) is 0 Å². The predicted molar refractivity (Wildman–Crippen MR) is 77.6 cm³/mol. The minimum atomic E-state index is -3.26. The third kappa shape index (κ3) is 5.29. The standard InChI is InChI=1S/C14H19O5P/c1-4-17-20(16,18-5-2)11-10-13-8-6-7-9-14(13)19-12(3)15/h6-11H,4-5H2,1-3H3/b11-10+. The molecule has 0 saturated heterocycles. The Labute approximate surface area is 119 Å². The van der Waals surface area contributed by atoms with Gasteiger partial charge in [-0.2, -0.15) is 0 Å². The molecule has 0 aliphatic carbocycles. The van der Waals surface area contributed by atoms with Crippen molar-refractivity contribution in [1.82, 2.24) is 0 Å². The summed E-state index contributed by atoms with van der Waals surface area (Å²) in [5.74, 6) is 1.36. The van der Waals surface area contributed by atoms with Crippen molar-refractivity contribution < 1.29 is 23.1 Å². The zero-order valence-electron chi connectivity index (χ0n) is 11.9. The van der Waals surface area contributed by atoms with E-state index in [1.165, 1.54) is 12.7 Å². The van der Waals surface area contributed by atoms with Crippen LogP contribution in [-0.2, 0) is 18.4 Å². The van der Waals surface area contributed by atoms with E-state index in [0.717, 1.165) is 0 Å². The van der Waals surface area contributed by atoms with Gasteiger partial charge in [-0.3, -0.25) is 9.36 Å². The van der Waals surface area contributed by atoms with Crippen LogP contribution < -0.4 is 4.74 Å². The van der Waals surface area contributed by atoms with Gasteiger partial charge in [0.1, 0.15) is 5.75 Å². The number of carbonyl (C=O) groups is 1. The SMILES string of the molecule is CCOP(=O)(/C=C/c1ccccc1OC(C)=O)OCC. The summed E-state index contributed by atoms with van der Waals surface area (Å²) in [6.45, 7) is 5.38. The molecular weight excluding hydrogens is 279 g/mol. The van der Waals surface area contributed by atoms with Gasteiger partial charge in [0.2, 0.25) is 0 Å². The fourth-order valence-corrected chi connectivity index (χ4v) is 2.83. The van der Waals surface area contributed by atoms with Crippen LogP contribution in [0.3, 0.4) is 0 Å². The molecule has 0 N–H and O–H groups in total. The van der Waals surface area contributed by atoms with Crippen molar-refractivity contribution >= 4 is 19.6 Å². The quantitative estimate of drug-likeness (QED) is 0.434. The van der Waals surface area contributed by atoms with E-state index in [0.29, 0.717) is 11.3 Å². The first-order valence-corrected chi connectivity index (χ1v) is 7.97. The van der Waals surface area contributed by atoms with E-state index < -0.39 is 13.6 Å². The smallest absolute Gasteiger partial charge is 0.354 e. The molecule has 20 heavy (non-hydrogen) atoms. The maximum absolute atomic E-state index is 12.3. The Morgan fingerprint density at radius 2 is 1.80 bits per heavy atom. The predicted octanol–water partition coefficient (Wildman–Crippen LogP) is 3.85. The number of esters is 1. The lowest BCUT2D eigenvalue weighted by Crippen LogP contribution is -2.02. The van der Waals surface area contributed by atoms with E-state index in [9.17, 15) is 9.36 Å². The summed E-state index contributed by atoms with van der Waals surface area (Å²) in [5.41, 5.74) is 0.627. The van der Waals surface area contributed by atoms with Crippen molar-refractivity contribution in [3.05, 3.63) is 35.6 Å². The van der Waals surface area contributed by atoms with Crippen molar-refractivity contribution in [1.29, 1.82) is 0 Å². The molecule has 0 fully saturated rings. The number of ether oxygens (including phenoxy) is 1. The van der Waals surface area contributed by atoms with E-state index in [2.05, 4.69) is 0 Å². The maximum atomic E-state index is 12.3. The Kier molecular flexibility index (Phi) is 6.65. The average molecular weight is 298 g/mol. The van der Waals surface area contributed by atoms with Crippen molar-refractivity contribution in [3.63, 3.8) is 0 Å². The van der Waals surface area contributed by atoms with E-state index in [1.54, 1.807) is 44.2 Å². The zero-order chi connectivity index (χ0) is 15.0.